The van der Waals surface area contributed by atoms with Gasteiger partial charge in [0.15, 0.2) is 10.4 Å². The molecule has 0 radical (unpaired) electrons. The van der Waals surface area contributed by atoms with Crippen LogP contribution in [0.4, 0.5) is 0 Å². The molecule has 2 aromatic rings. The van der Waals surface area contributed by atoms with E-state index in [1.165, 1.54) is 0 Å². The number of likely N-dealkylation sites (N-methyl/N-ethyl adjacent to an activating group) is 1. The van der Waals surface area contributed by atoms with Gasteiger partial charge in [-0.15, -0.1) is 0 Å². The molecule has 0 aliphatic heterocycles. The topological polar surface area (TPSA) is 62.7 Å². The van der Waals surface area contributed by atoms with Gasteiger partial charge in [0.25, 0.3) is 0 Å². The highest BCUT2D eigenvalue weighted by molar-refractivity contribution is 7.71. The van der Waals surface area contributed by atoms with Crippen LogP contribution >= 0.6 is 12.2 Å². The Bertz CT molecular complexity index is 613. The summed E-state index contributed by atoms with van der Waals surface area (Å²) in [6.07, 6.45) is 0. The Morgan fingerprint density at radius 2 is 2.35 bits per heavy atom. The minimum atomic E-state index is -0.0622. The number of nitrogens with one attached hydrogen (secondary N) is 2. The smallest absolute Gasteiger partial charge is 0.240 e. The van der Waals surface area contributed by atoms with Gasteiger partial charge < -0.3 is 10.3 Å². The number of aromatic nitrogens is 3. The first-order valence-electron chi connectivity index (χ1n) is 5.44. The fourth-order valence-corrected chi connectivity index (χ4v) is 1.93. The van der Waals surface area contributed by atoms with Crippen molar-refractivity contribution in [1.82, 2.24) is 19.9 Å². The maximum Gasteiger partial charge on any atom is 0.240 e. The van der Waals surface area contributed by atoms with Gasteiger partial charge in [-0.25, -0.2) is 4.98 Å². The fourth-order valence-electron chi connectivity index (χ4n) is 1.67. The zero-order valence-electron chi connectivity index (χ0n) is 9.78. The molecule has 0 aliphatic rings. The predicted molar refractivity (Wildman–Crippen MR) is 68.3 cm³/mol. The minimum Gasteiger partial charge on any atom is -0.355 e. The van der Waals surface area contributed by atoms with E-state index in [1.807, 2.05) is 26.0 Å². The summed E-state index contributed by atoms with van der Waals surface area (Å²) in [5, 5.41) is 2.74. The summed E-state index contributed by atoms with van der Waals surface area (Å²) in [4.78, 5) is 19.0. The lowest BCUT2D eigenvalue weighted by Crippen LogP contribution is -2.27. The number of imidazole rings is 1. The average molecular weight is 250 g/mol. The predicted octanol–water partition coefficient (Wildman–Crippen LogP) is 1.54. The van der Waals surface area contributed by atoms with Crippen molar-refractivity contribution in [2.24, 2.45) is 0 Å². The number of amides is 1. The molecule has 5 nitrogen and oxygen atoms in total. The summed E-state index contributed by atoms with van der Waals surface area (Å²) in [5.74, 6) is -0.0622. The van der Waals surface area contributed by atoms with E-state index in [9.17, 15) is 4.79 Å². The second-order valence-electron chi connectivity index (χ2n) is 3.79. The highest BCUT2D eigenvalue weighted by Gasteiger charge is 2.09. The number of H-pyrrole nitrogens is 1. The van der Waals surface area contributed by atoms with E-state index in [0.717, 1.165) is 16.9 Å². The molecule has 0 bridgehead atoms. The van der Waals surface area contributed by atoms with Crippen molar-refractivity contribution in [3.63, 3.8) is 0 Å². The maximum atomic E-state index is 11.6. The van der Waals surface area contributed by atoms with E-state index in [4.69, 9.17) is 12.2 Å². The van der Waals surface area contributed by atoms with E-state index in [1.54, 1.807) is 4.57 Å². The third-order valence-electron chi connectivity index (χ3n) is 2.43. The summed E-state index contributed by atoms with van der Waals surface area (Å²) in [6.45, 7) is 4.60. The van der Waals surface area contributed by atoms with Crippen LogP contribution in [0.3, 0.4) is 0 Å². The molecule has 0 saturated heterocycles. The van der Waals surface area contributed by atoms with Crippen molar-refractivity contribution in [3.8, 4) is 0 Å². The van der Waals surface area contributed by atoms with E-state index in [-0.39, 0.29) is 12.5 Å². The SMILES string of the molecule is CCNC(=O)Cn1c(=S)[nH]c2ccc(C)nc21. The van der Waals surface area contributed by atoms with Gasteiger partial charge in [-0.05, 0) is 38.2 Å². The van der Waals surface area contributed by atoms with Crippen LogP contribution in [0.1, 0.15) is 12.6 Å². The Hall–Kier alpha value is -1.69. The number of aryl methyl sites for hydroxylation is 1. The van der Waals surface area contributed by atoms with Crippen molar-refractivity contribution < 1.29 is 4.79 Å². The number of aromatic amines is 1. The molecule has 0 aliphatic carbocycles. The van der Waals surface area contributed by atoms with Crippen LogP contribution < -0.4 is 5.32 Å². The number of carbonyl (C=O) groups excluding carboxylic acids is 1. The molecule has 6 heteroatoms. The molecule has 0 saturated carbocycles. The number of hydrogen-bond acceptors (Lipinski definition) is 3. The Balaban J connectivity index is 2.45. The fraction of sp³-hybridized carbons (Fsp3) is 0.364. The highest BCUT2D eigenvalue weighted by Crippen LogP contribution is 2.12. The Morgan fingerprint density at radius 1 is 1.59 bits per heavy atom. The molecular weight excluding hydrogens is 236 g/mol. The zero-order valence-corrected chi connectivity index (χ0v) is 10.6. The number of carbonyl (C=O) groups is 1. The third-order valence-corrected chi connectivity index (χ3v) is 2.75. The number of pyridine rings is 1. The van der Waals surface area contributed by atoms with Crippen LogP contribution in [0.15, 0.2) is 12.1 Å². The summed E-state index contributed by atoms with van der Waals surface area (Å²) in [5.41, 5.74) is 2.47. The van der Waals surface area contributed by atoms with Crippen molar-refractivity contribution in [3.05, 3.63) is 22.6 Å². The lowest BCUT2D eigenvalue weighted by Gasteiger charge is -2.04. The normalized spacial score (nSPS) is 10.7. The molecule has 0 aromatic carbocycles. The van der Waals surface area contributed by atoms with Gasteiger partial charge in [0, 0.05) is 12.2 Å². The first-order chi connectivity index (χ1) is 8.11. The quantitative estimate of drug-likeness (QED) is 0.812. The first-order valence-corrected chi connectivity index (χ1v) is 5.85. The van der Waals surface area contributed by atoms with Crippen LogP contribution in [-0.2, 0) is 11.3 Å². The first kappa shape index (κ1) is 11.8. The molecule has 0 unspecified atom stereocenters. The highest BCUT2D eigenvalue weighted by atomic mass is 32.1. The Morgan fingerprint density at radius 3 is 3.06 bits per heavy atom. The van der Waals surface area contributed by atoms with Crippen LogP contribution in [-0.4, -0.2) is 27.0 Å². The summed E-state index contributed by atoms with van der Waals surface area (Å²) in [6, 6.07) is 3.83. The maximum absolute atomic E-state index is 11.6. The third kappa shape index (κ3) is 2.36. The number of rotatable bonds is 3. The molecule has 2 aromatic heterocycles. The van der Waals surface area contributed by atoms with Crippen LogP contribution in [0, 0.1) is 11.7 Å². The monoisotopic (exact) mass is 250 g/mol. The number of hydrogen-bond donors (Lipinski definition) is 2. The van der Waals surface area contributed by atoms with Crippen LogP contribution in [0.25, 0.3) is 11.2 Å². The van der Waals surface area contributed by atoms with Gasteiger partial charge in [0.1, 0.15) is 6.54 Å². The van der Waals surface area contributed by atoms with Gasteiger partial charge in [0.05, 0.1) is 5.52 Å². The van der Waals surface area contributed by atoms with Crippen molar-refractivity contribution in [1.29, 1.82) is 0 Å². The zero-order chi connectivity index (χ0) is 12.4. The summed E-state index contributed by atoms with van der Waals surface area (Å²) < 4.78 is 2.23. The van der Waals surface area contributed by atoms with Crippen molar-refractivity contribution in [2.45, 2.75) is 20.4 Å². The van der Waals surface area contributed by atoms with E-state index < -0.39 is 0 Å². The molecule has 0 spiro atoms. The second kappa shape index (κ2) is 4.67. The minimum absolute atomic E-state index is 0.0622. The molecule has 2 rings (SSSR count). The standard InChI is InChI=1S/C11H14N4OS/c1-3-12-9(16)6-15-10-8(14-11(15)17)5-4-7(2)13-10/h4-5H,3,6H2,1-2H3,(H,12,16)(H,14,17). The van der Waals surface area contributed by atoms with Gasteiger partial charge in [-0.2, -0.15) is 0 Å². The Kier molecular flexibility index (Phi) is 3.23. The van der Waals surface area contributed by atoms with E-state index in [0.29, 0.717) is 11.3 Å². The molecule has 0 fully saturated rings. The molecule has 2 heterocycles. The lowest BCUT2D eigenvalue weighted by molar-refractivity contribution is -0.121. The second-order valence-corrected chi connectivity index (χ2v) is 4.18. The largest absolute Gasteiger partial charge is 0.355 e. The molecule has 90 valence electrons. The Labute approximate surface area is 104 Å². The average Bonchev–Trinajstić information content (AvgIpc) is 2.56. The molecular formula is C11H14N4OS. The summed E-state index contributed by atoms with van der Waals surface area (Å²) >= 11 is 5.19. The number of nitrogens with zero attached hydrogens (tertiary/aromatic N) is 2. The molecule has 0 atom stereocenters. The van der Waals surface area contributed by atoms with E-state index >= 15 is 0 Å². The van der Waals surface area contributed by atoms with Crippen molar-refractivity contribution in [2.75, 3.05) is 6.54 Å². The van der Waals surface area contributed by atoms with Crippen molar-refractivity contribution >= 4 is 29.3 Å². The van der Waals surface area contributed by atoms with Gasteiger partial charge in [-0.1, -0.05) is 0 Å². The van der Waals surface area contributed by atoms with Gasteiger partial charge in [0.2, 0.25) is 5.91 Å². The van der Waals surface area contributed by atoms with Crippen LogP contribution in [0.5, 0.6) is 0 Å². The number of fused-ring (bicyclic) bond motifs is 1. The van der Waals surface area contributed by atoms with Gasteiger partial charge in [-0.3, -0.25) is 9.36 Å². The molecule has 17 heavy (non-hydrogen) atoms. The molecule has 1 amide bonds. The summed E-state index contributed by atoms with van der Waals surface area (Å²) in [7, 11) is 0. The van der Waals surface area contributed by atoms with E-state index in [2.05, 4.69) is 15.3 Å². The van der Waals surface area contributed by atoms with Crippen LogP contribution in [0.2, 0.25) is 0 Å². The lowest BCUT2D eigenvalue weighted by atomic mass is 10.3. The van der Waals surface area contributed by atoms with Gasteiger partial charge >= 0.3 is 0 Å². The molecule has 2 N–H and O–H groups in total.